The maximum atomic E-state index is 14.5. The molecule has 1 N–H and O–H groups in total. The lowest BCUT2D eigenvalue weighted by Gasteiger charge is -2.49. The minimum absolute atomic E-state index is 0.00903. The molecule has 4 aliphatic rings. The molecule has 0 unspecified atom stereocenters. The highest BCUT2D eigenvalue weighted by Crippen LogP contribution is 2.43. The first-order valence-electron chi connectivity index (χ1n) is 18.4. The lowest BCUT2D eigenvalue weighted by atomic mass is 10.00. The first-order chi connectivity index (χ1) is 26.7. The van der Waals surface area contributed by atoms with Crippen molar-refractivity contribution in [2.45, 2.75) is 68.8 Å². The van der Waals surface area contributed by atoms with Crippen molar-refractivity contribution < 1.29 is 43.0 Å². The van der Waals surface area contributed by atoms with Gasteiger partial charge >= 0.3 is 18.2 Å². The Morgan fingerprint density at radius 3 is 2.25 bits per heavy atom. The van der Waals surface area contributed by atoms with Crippen molar-refractivity contribution in [1.82, 2.24) is 24.9 Å². The van der Waals surface area contributed by atoms with Crippen LogP contribution in [0.4, 0.5) is 9.59 Å². The molecule has 0 saturated carbocycles. The van der Waals surface area contributed by atoms with E-state index in [9.17, 15) is 28.8 Å². The second-order valence-electron chi connectivity index (χ2n) is 15.1. The second-order valence-corrected chi connectivity index (χ2v) is 16.2. The van der Waals surface area contributed by atoms with E-state index in [0.29, 0.717) is 24.1 Å². The molecule has 0 aliphatic carbocycles. The van der Waals surface area contributed by atoms with Crippen LogP contribution in [0.1, 0.15) is 50.8 Å². The first kappa shape index (κ1) is 40.1. The van der Waals surface area contributed by atoms with Gasteiger partial charge in [-0.15, -0.1) is 11.8 Å². The number of hydrogen-bond donors (Lipinski definition) is 1. The normalized spacial score (nSPS) is 22.8. The molecule has 2 aromatic rings. The highest BCUT2D eigenvalue weighted by Gasteiger charge is 2.55. The molecule has 4 aliphatic heterocycles. The lowest BCUT2D eigenvalue weighted by molar-refractivity contribution is -0.153. The van der Waals surface area contributed by atoms with Gasteiger partial charge in [-0.1, -0.05) is 73.3 Å². The minimum Gasteiger partial charge on any atom is -0.448 e. The Kier molecular flexibility index (Phi) is 11.9. The lowest BCUT2D eigenvalue weighted by Crippen LogP contribution is -2.70. The van der Waals surface area contributed by atoms with Crippen LogP contribution in [0.2, 0.25) is 0 Å². The summed E-state index contributed by atoms with van der Waals surface area (Å²) in [5, 5.41) is 2.03. The van der Waals surface area contributed by atoms with Crippen LogP contribution in [-0.2, 0) is 33.4 Å². The molecular weight excluding hydrogens is 739 g/mol. The molecule has 0 aromatic heterocycles. The Balaban J connectivity index is 1.31. The molecule has 4 atom stereocenters. The number of carbonyl (C=O) groups is 6. The number of hydrogen-bond acceptors (Lipinski definition) is 10. The fourth-order valence-electron chi connectivity index (χ4n) is 7.24. The highest BCUT2D eigenvalue weighted by molar-refractivity contribution is 8.00. The Hall–Kier alpha value is -5.57. The summed E-state index contributed by atoms with van der Waals surface area (Å²) in [5.74, 6) is -1.63. The summed E-state index contributed by atoms with van der Waals surface area (Å²) in [6.45, 7) is 9.14. The third-order valence-electron chi connectivity index (χ3n) is 9.80. The van der Waals surface area contributed by atoms with Gasteiger partial charge < -0.3 is 29.3 Å². The quantitative estimate of drug-likeness (QED) is 0.121. The number of fused-ring (bicyclic) bond motifs is 1. The number of nitrogens with one attached hydrogen (secondary N) is 1. The summed E-state index contributed by atoms with van der Waals surface area (Å²) in [6, 6.07) is 16.3. The molecule has 4 heterocycles. The van der Waals surface area contributed by atoms with Crippen molar-refractivity contribution in [3.8, 4) is 0 Å². The molecule has 3 saturated heterocycles. The standard InChI is InChI=1S/C41H47N5O9S/c1-7-20-53-40(52)45-23-29(22-30(45)35(48)43(5)6)44-19-18-27(34(44)47)21-28-24-56-37-31(42-39(51)55-41(2,3)4)36(49)46(37)32(28)38(50)54-33(25-14-10-8-11-15-25)26-16-12-9-13-17-26/h7-17,21,29-31,33,37H,1,18-20,22-24H2,2-6H3,(H,42,51)/t29-,30-,31+,37+/m0/s1. The minimum atomic E-state index is -0.948. The van der Waals surface area contributed by atoms with Gasteiger partial charge in [-0.05, 0) is 56.4 Å². The van der Waals surface area contributed by atoms with Gasteiger partial charge in [-0.25, -0.2) is 14.4 Å². The third-order valence-corrected chi connectivity index (χ3v) is 11.1. The van der Waals surface area contributed by atoms with Crippen molar-refractivity contribution >= 4 is 47.6 Å². The fraction of sp³-hybridized carbons (Fsp3) is 0.415. The number of likely N-dealkylation sites (tertiary alicyclic amines) is 2. The number of amides is 5. The number of benzene rings is 2. The number of nitrogens with zero attached hydrogens (tertiary/aromatic N) is 4. The number of likely N-dealkylation sites (N-methyl/N-ethyl adjacent to an activating group) is 1. The average Bonchev–Trinajstić information content (AvgIpc) is 3.77. The molecule has 296 valence electrons. The van der Waals surface area contributed by atoms with Crippen LogP contribution in [0.15, 0.2) is 96.2 Å². The van der Waals surface area contributed by atoms with Crippen molar-refractivity contribution in [1.29, 1.82) is 0 Å². The van der Waals surface area contributed by atoms with E-state index in [1.54, 1.807) is 45.8 Å². The monoisotopic (exact) mass is 785 g/mol. The molecule has 0 spiro atoms. The van der Waals surface area contributed by atoms with E-state index in [0.717, 1.165) is 11.1 Å². The molecule has 3 fully saturated rings. The van der Waals surface area contributed by atoms with Gasteiger partial charge in [-0.3, -0.25) is 24.2 Å². The van der Waals surface area contributed by atoms with Crippen LogP contribution in [0, 0.1) is 0 Å². The molecule has 56 heavy (non-hydrogen) atoms. The molecule has 14 nitrogen and oxygen atoms in total. The number of carbonyl (C=O) groups excluding carboxylic acids is 6. The van der Waals surface area contributed by atoms with Gasteiger partial charge in [0.2, 0.25) is 11.8 Å². The van der Waals surface area contributed by atoms with E-state index >= 15 is 0 Å². The number of β-lactam (4-membered cyclic amide) rings is 1. The van der Waals surface area contributed by atoms with Crippen LogP contribution in [0.25, 0.3) is 0 Å². The number of ether oxygens (including phenoxy) is 3. The van der Waals surface area contributed by atoms with E-state index in [1.165, 1.54) is 32.5 Å². The van der Waals surface area contributed by atoms with Crippen LogP contribution >= 0.6 is 11.8 Å². The van der Waals surface area contributed by atoms with E-state index in [4.69, 9.17) is 14.2 Å². The first-order valence-corrected chi connectivity index (χ1v) is 19.5. The topological polar surface area (TPSA) is 155 Å². The molecule has 5 amide bonds. The third kappa shape index (κ3) is 8.47. The number of esters is 1. The van der Waals surface area contributed by atoms with Gasteiger partial charge in [0.25, 0.3) is 5.91 Å². The molecular formula is C41H47N5O9S. The summed E-state index contributed by atoms with van der Waals surface area (Å²) < 4.78 is 16.9. The van der Waals surface area contributed by atoms with Crippen LogP contribution in [0.3, 0.4) is 0 Å². The van der Waals surface area contributed by atoms with Gasteiger partial charge in [0.1, 0.15) is 35.4 Å². The van der Waals surface area contributed by atoms with Crippen LogP contribution in [0.5, 0.6) is 0 Å². The Labute approximate surface area is 330 Å². The van der Waals surface area contributed by atoms with E-state index in [2.05, 4.69) is 11.9 Å². The number of allylic oxidation sites excluding steroid dienone is 1. The van der Waals surface area contributed by atoms with Crippen molar-refractivity contribution in [2.75, 3.05) is 39.5 Å². The molecule has 15 heteroatoms. The highest BCUT2D eigenvalue weighted by atomic mass is 32.2. The fourth-order valence-corrected chi connectivity index (χ4v) is 8.54. The SMILES string of the molecule is C=CCOC(=O)N1C[C@@H](N2CCC(=CC3=C(C(=O)OC(c4ccccc4)c4ccccc4)N4C(=O)[C@@H](NC(=O)OC(C)(C)C)[C@H]4SC3)C2=O)C[C@H]1C(=O)N(C)C. The number of rotatable bonds is 10. The van der Waals surface area contributed by atoms with E-state index < -0.39 is 59.3 Å². The van der Waals surface area contributed by atoms with Gasteiger partial charge in [0.15, 0.2) is 6.10 Å². The molecule has 0 bridgehead atoms. The maximum Gasteiger partial charge on any atom is 0.410 e. The maximum absolute atomic E-state index is 14.5. The van der Waals surface area contributed by atoms with Crippen LogP contribution < -0.4 is 5.32 Å². The zero-order chi connectivity index (χ0) is 40.3. The molecule has 0 radical (unpaired) electrons. The Bertz CT molecular complexity index is 1900. The van der Waals surface area contributed by atoms with E-state index in [1.807, 2.05) is 60.7 Å². The second kappa shape index (κ2) is 16.7. The Morgan fingerprint density at radius 1 is 1.02 bits per heavy atom. The van der Waals surface area contributed by atoms with Crippen molar-refractivity contribution in [2.24, 2.45) is 0 Å². The van der Waals surface area contributed by atoms with Gasteiger partial charge in [-0.2, -0.15) is 0 Å². The summed E-state index contributed by atoms with van der Waals surface area (Å²) in [4.78, 5) is 86.9. The molecule has 6 rings (SSSR count). The number of thioether (sulfide) groups is 1. The predicted octanol–water partition coefficient (Wildman–Crippen LogP) is 4.39. The predicted molar refractivity (Wildman–Crippen MR) is 208 cm³/mol. The van der Waals surface area contributed by atoms with Crippen molar-refractivity contribution in [3.63, 3.8) is 0 Å². The summed E-state index contributed by atoms with van der Waals surface area (Å²) >= 11 is 1.34. The summed E-state index contributed by atoms with van der Waals surface area (Å²) in [5.41, 5.74) is 1.48. The summed E-state index contributed by atoms with van der Waals surface area (Å²) in [7, 11) is 3.21. The van der Waals surface area contributed by atoms with Crippen LogP contribution in [-0.4, -0.2) is 124 Å². The summed E-state index contributed by atoms with van der Waals surface area (Å²) in [6.07, 6.45) is 1.42. The Morgan fingerprint density at radius 2 is 1.66 bits per heavy atom. The zero-order valence-electron chi connectivity index (χ0n) is 32.1. The van der Waals surface area contributed by atoms with E-state index in [-0.39, 0.29) is 42.8 Å². The number of alkyl carbamates (subject to hydrolysis) is 1. The smallest absolute Gasteiger partial charge is 0.410 e. The van der Waals surface area contributed by atoms with Gasteiger partial charge in [0.05, 0.1) is 6.04 Å². The average molecular weight is 786 g/mol. The van der Waals surface area contributed by atoms with Gasteiger partial charge in [0, 0.05) is 38.5 Å². The largest absolute Gasteiger partial charge is 0.448 e. The van der Waals surface area contributed by atoms with Crippen molar-refractivity contribution in [3.05, 3.63) is 107 Å². The molecule has 2 aromatic carbocycles. The zero-order valence-corrected chi connectivity index (χ0v) is 33.0.